The van der Waals surface area contributed by atoms with Crippen LogP contribution in [0.4, 0.5) is 0 Å². The fourth-order valence-electron chi connectivity index (χ4n) is 3.67. The van der Waals surface area contributed by atoms with Gasteiger partial charge < -0.3 is 18.9 Å². The van der Waals surface area contributed by atoms with Crippen LogP contribution in [-0.2, 0) is 9.53 Å². The molecule has 1 atom stereocenters. The molecule has 34 heavy (non-hydrogen) atoms. The van der Waals surface area contributed by atoms with Crippen molar-refractivity contribution in [1.82, 2.24) is 5.01 Å². The van der Waals surface area contributed by atoms with Gasteiger partial charge in [0.25, 0.3) is 5.91 Å². The highest BCUT2D eigenvalue weighted by Crippen LogP contribution is 2.38. The molecule has 0 saturated heterocycles. The number of hydrogen-bond acceptors (Lipinski definition) is 8. The standard InChI is InChI=1S/C25H24N2O6S/c1-30-21-11-8-17(13-22(21)31-2)20-14-19(23-5-4-12-34-23)26-27(20)24(28)15-33-18-9-6-16(7-10-18)25(29)32-3/h4-13,20H,14-15H2,1-3H3/t20-/m0/s1. The van der Waals surface area contributed by atoms with E-state index < -0.39 is 5.97 Å². The third-order valence-electron chi connectivity index (χ3n) is 5.40. The lowest BCUT2D eigenvalue weighted by Gasteiger charge is -2.23. The molecule has 1 aliphatic rings. The normalized spacial score (nSPS) is 15.0. The second-order valence-corrected chi connectivity index (χ2v) is 8.35. The molecule has 0 bridgehead atoms. The largest absolute Gasteiger partial charge is 0.493 e. The Morgan fingerprint density at radius 2 is 1.79 bits per heavy atom. The van der Waals surface area contributed by atoms with Crippen LogP contribution in [0, 0.1) is 0 Å². The first-order valence-electron chi connectivity index (χ1n) is 10.5. The summed E-state index contributed by atoms with van der Waals surface area (Å²) in [6.07, 6.45) is 0.565. The molecular formula is C25H24N2O6S. The van der Waals surface area contributed by atoms with Crippen LogP contribution in [0.2, 0.25) is 0 Å². The number of rotatable bonds is 8. The van der Waals surface area contributed by atoms with Crippen molar-refractivity contribution < 1.29 is 28.5 Å². The van der Waals surface area contributed by atoms with Crippen LogP contribution in [0.5, 0.6) is 17.2 Å². The molecule has 2 aromatic carbocycles. The molecule has 0 aliphatic carbocycles. The number of methoxy groups -OCH3 is 3. The Morgan fingerprint density at radius 3 is 2.44 bits per heavy atom. The van der Waals surface area contributed by atoms with E-state index in [0.29, 0.717) is 29.2 Å². The smallest absolute Gasteiger partial charge is 0.337 e. The van der Waals surface area contributed by atoms with Crippen LogP contribution in [0.25, 0.3) is 0 Å². The molecule has 1 aromatic heterocycles. The van der Waals surface area contributed by atoms with E-state index >= 15 is 0 Å². The minimum atomic E-state index is -0.437. The van der Waals surface area contributed by atoms with Crippen molar-refractivity contribution in [2.24, 2.45) is 5.10 Å². The Labute approximate surface area is 201 Å². The van der Waals surface area contributed by atoms with E-state index in [0.717, 1.165) is 16.2 Å². The molecule has 8 nitrogen and oxygen atoms in total. The van der Waals surface area contributed by atoms with Crippen molar-refractivity contribution in [3.05, 3.63) is 76.0 Å². The van der Waals surface area contributed by atoms with Crippen LogP contribution < -0.4 is 14.2 Å². The van der Waals surface area contributed by atoms with Gasteiger partial charge in [-0.05, 0) is 53.4 Å². The van der Waals surface area contributed by atoms with Gasteiger partial charge in [0.15, 0.2) is 18.1 Å². The predicted molar refractivity (Wildman–Crippen MR) is 128 cm³/mol. The molecule has 0 radical (unpaired) electrons. The lowest BCUT2D eigenvalue weighted by Crippen LogP contribution is -2.31. The fraction of sp³-hybridized carbons (Fsp3) is 0.240. The number of carbonyl (C=O) groups excluding carboxylic acids is 2. The van der Waals surface area contributed by atoms with Gasteiger partial charge in [0.1, 0.15) is 5.75 Å². The maximum atomic E-state index is 13.2. The number of amides is 1. The van der Waals surface area contributed by atoms with E-state index in [1.54, 1.807) is 49.8 Å². The molecule has 0 fully saturated rings. The SMILES string of the molecule is COC(=O)c1ccc(OCC(=O)N2N=C(c3cccs3)C[C@H]2c2ccc(OC)c(OC)c2)cc1. The van der Waals surface area contributed by atoms with E-state index in [2.05, 4.69) is 5.10 Å². The number of esters is 1. The van der Waals surface area contributed by atoms with Crippen LogP contribution in [0.15, 0.2) is 65.1 Å². The first-order valence-corrected chi connectivity index (χ1v) is 11.4. The van der Waals surface area contributed by atoms with Gasteiger partial charge in [-0.3, -0.25) is 4.79 Å². The van der Waals surface area contributed by atoms with Gasteiger partial charge in [-0.25, -0.2) is 9.80 Å². The van der Waals surface area contributed by atoms with Gasteiger partial charge in [-0.2, -0.15) is 5.10 Å². The Morgan fingerprint density at radius 1 is 1.03 bits per heavy atom. The number of benzene rings is 2. The molecule has 2 heterocycles. The van der Waals surface area contributed by atoms with Gasteiger partial charge in [0.05, 0.1) is 43.5 Å². The van der Waals surface area contributed by atoms with Gasteiger partial charge in [-0.1, -0.05) is 12.1 Å². The highest BCUT2D eigenvalue weighted by atomic mass is 32.1. The summed E-state index contributed by atoms with van der Waals surface area (Å²) in [5, 5.41) is 8.10. The average Bonchev–Trinajstić information content (AvgIpc) is 3.57. The lowest BCUT2D eigenvalue weighted by molar-refractivity contribution is -0.135. The maximum absolute atomic E-state index is 13.2. The van der Waals surface area contributed by atoms with E-state index in [1.165, 1.54) is 12.1 Å². The Hall–Kier alpha value is -3.85. The predicted octanol–water partition coefficient (Wildman–Crippen LogP) is 4.31. The first kappa shape index (κ1) is 23.3. The summed E-state index contributed by atoms with van der Waals surface area (Å²) in [6, 6.07) is 15.6. The van der Waals surface area contributed by atoms with E-state index in [1.807, 2.05) is 35.7 Å². The van der Waals surface area contributed by atoms with Gasteiger partial charge in [-0.15, -0.1) is 11.3 Å². The van der Waals surface area contributed by atoms with Gasteiger partial charge >= 0.3 is 5.97 Å². The number of hydrazone groups is 1. The van der Waals surface area contributed by atoms with Crippen molar-refractivity contribution in [1.29, 1.82) is 0 Å². The Bertz CT molecular complexity index is 1190. The van der Waals surface area contributed by atoms with Crippen molar-refractivity contribution in [2.75, 3.05) is 27.9 Å². The number of hydrogen-bond donors (Lipinski definition) is 0. The quantitative estimate of drug-likeness (QED) is 0.447. The summed E-state index contributed by atoms with van der Waals surface area (Å²) >= 11 is 1.58. The summed E-state index contributed by atoms with van der Waals surface area (Å²) in [7, 11) is 4.48. The zero-order valence-electron chi connectivity index (χ0n) is 19.0. The van der Waals surface area contributed by atoms with Crippen molar-refractivity contribution in [3.8, 4) is 17.2 Å². The van der Waals surface area contributed by atoms with Crippen molar-refractivity contribution >= 4 is 28.9 Å². The summed E-state index contributed by atoms with van der Waals surface area (Å²) in [5.74, 6) is 0.931. The third kappa shape index (κ3) is 4.89. The minimum Gasteiger partial charge on any atom is -0.493 e. The molecule has 1 aliphatic heterocycles. The van der Waals surface area contributed by atoms with E-state index in [4.69, 9.17) is 18.9 Å². The molecule has 4 rings (SSSR count). The zero-order chi connectivity index (χ0) is 24.1. The number of ether oxygens (including phenoxy) is 4. The first-order chi connectivity index (χ1) is 16.5. The molecule has 0 saturated carbocycles. The topological polar surface area (TPSA) is 86.7 Å². The average molecular weight is 481 g/mol. The fourth-order valence-corrected chi connectivity index (χ4v) is 4.39. The highest BCUT2D eigenvalue weighted by molar-refractivity contribution is 7.12. The number of nitrogens with zero attached hydrogens (tertiary/aromatic N) is 2. The van der Waals surface area contributed by atoms with Crippen molar-refractivity contribution in [2.45, 2.75) is 12.5 Å². The lowest BCUT2D eigenvalue weighted by atomic mass is 10.0. The molecule has 176 valence electrons. The Kier molecular flexibility index (Phi) is 7.12. The molecular weight excluding hydrogens is 456 g/mol. The summed E-state index contributed by atoms with van der Waals surface area (Å²) in [5.41, 5.74) is 2.12. The van der Waals surface area contributed by atoms with Crippen LogP contribution in [0.1, 0.15) is 33.3 Å². The van der Waals surface area contributed by atoms with E-state index in [9.17, 15) is 9.59 Å². The molecule has 0 N–H and O–H groups in total. The summed E-state index contributed by atoms with van der Waals surface area (Å²) < 4.78 is 21.2. The summed E-state index contributed by atoms with van der Waals surface area (Å²) in [4.78, 5) is 25.8. The van der Waals surface area contributed by atoms with Crippen LogP contribution in [0.3, 0.4) is 0 Å². The van der Waals surface area contributed by atoms with Crippen molar-refractivity contribution in [3.63, 3.8) is 0 Å². The minimum absolute atomic E-state index is 0.206. The van der Waals surface area contributed by atoms with Crippen LogP contribution >= 0.6 is 11.3 Å². The molecule has 3 aromatic rings. The molecule has 9 heteroatoms. The second kappa shape index (κ2) is 10.4. The maximum Gasteiger partial charge on any atom is 0.337 e. The van der Waals surface area contributed by atoms with Crippen LogP contribution in [-0.4, -0.2) is 50.5 Å². The molecule has 1 amide bonds. The monoisotopic (exact) mass is 480 g/mol. The number of thiophene rings is 1. The Balaban J connectivity index is 1.54. The molecule has 0 unspecified atom stereocenters. The van der Waals surface area contributed by atoms with Gasteiger partial charge in [0.2, 0.25) is 0 Å². The van der Waals surface area contributed by atoms with E-state index in [-0.39, 0.29) is 18.6 Å². The summed E-state index contributed by atoms with van der Waals surface area (Å²) in [6.45, 7) is -0.206. The van der Waals surface area contributed by atoms with Gasteiger partial charge in [0, 0.05) is 6.42 Å². The number of carbonyl (C=O) groups is 2. The third-order valence-corrected chi connectivity index (χ3v) is 6.32. The second-order valence-electron chi connectivity index (χ2n) is 7.40. The molecule has 0 spiro atoms. The zero-order valence-corrected chi connectivity index (χ0v) is 19.8. The highest BCUT2D eigenvalue weighted by Gasteiger charge is 2.34.